The molecule has 6 heteroatoms. The first-order valence-electron chi connectivity index (χ1n) is 5.48. The van der Waals surface area contributed by atoms with E-state index in [0.717, 1.165) is 25.7 Å². The molecule has 1 aliphatic rings. The highest BCUT2D eigenvalue weighted by Gasteiger charge is 2.27. The topological polar surface area (TPSA) is 95.7 Å². The van der Waals surface area contributed by atoms with Crippen molar-refractivity contribution in [3.05, 3.63) is 0 Å². The lowest BCUT2D eigenvalue weighted by Crippen LogP contribution is -2.48. The Balaban J connectivity index is 2.41. The molecule has 6 nitrogen and oxygen atoms in total. The summed E-state index contributed by atoms with van der Waals surface area (Å²) >= 11 is 0. The van der Waals surface area contributed by atoms with Gasteiger partial charge in [0.2, 0.25) is 5.91 Å². The highest BCUT2D eigenvalue weighted by Crippen LogP contribution is 2.21. The molecule has 1 saturated carbocycles. The molecule has 0 spiro atoms. The Hall–Kier alpha value is -1.14. The lowest BCUT2D eigenvalue weighted by atomic mass is 9.91. The molecule has 16 heavy (non-hydrogen) atoms. The number of urea groups is 1. The van der Waals surface area contributed by atoms with Crippen LogP contribution in [0.3, 0.4) is 0 Å². The van der Waals surface area contributed by atoms with Crippen molar-refractivity contribution in [2.45, 2.75) is 37.8 Å². The molecule has 0 aromatic heterocycles. The molecule has 0 aromatic rings. The molecule has 0 aliphatic heterocycles. The van der Waals surface area contributed by atoms with Gasteiger partial charge >= 0.3 is 6.03 Å². The number of primary amides is 1. The Labute approximate surface area is 94.8 Å². The number of amides is 3. The number of hydrogen-bond donors (Lipinski definition) is 3. The van der Waals surface area contributed by atoms with Crippen LogP contribution in [-0.2, 0) is 4.79 Å². The van der Waals surface area contributed by atoms with Crippen LogP contribution in [0, 0.1) is 0 Å². The molecule has 0 aromatic carbocycles. The fourth-order valence-corrected chi connectivity index (χ4v) is 2.13. The van der Waals surface area contributed by atoms with Crippen molar-refractivity contribution in [3.63, 3.8) is 0 Å². The molecular weight excluding hydrogens is 210 g/mol. The van der Waals surface area contributed by atoms with Crippen molar-refractivity contribution in [2.24, 2.45) is 5.73 Å². The summed E-state index contributed by atoms with van der Waals surface area (Å²) in [5.41, 5.74) is 4.84. The summed E-state index contributed by atoms with van der Waals surface area (Å²) in [5.74, 6) is -0.437. The van der Waals surface area contributed by atoms with Crippen molar-refractivity contribution in [1.82, 2.24) is 10.2 Å². The maximum atomic E-state index is 11.3. The van der Waals surface area contributed by atoms with Crippen LogP contribution in [0.15, 0.2) is 0 Å². The van der Waals surface area contributed by atoms with Crippen LogP contribution in [-0.4, -0.2) is 47.7 Å². The number of nitrogens with one attached hydrogen (secondary N) is 1. The van der Waals surface area contributed by atoms with Gasteiger partial charge in [0.05, 0.1) is 12.6 Å². The maximum absolute atomic E-state index is 11.3. The van der Waals surface area contributed by atoms with E-state index >= 15 is 0 Å². The monoisotopic (exact) mass is 229 g/mol. The van der Waals surface area contributed by atoms with Gasteiger partial charge in [0.1, 0.15) is 0 Å². The van der Waals surface area contributed by atoms with E-state index in [2.05, 4.69) is 0 Å². The smallest absolute Gasteiger partial charge is 0.318 e. The van der Waals surface area contributed by atoms with Gasteiger partial charge in [0.15, 0.2) is 0 Å². The maximum Gasteiger partial charge on any atom is 0.318 e. The highest BCUT2D eigenvalue weighted by atomic mass is 16.3. The molecule has 0 heterocycles. The van der Waals surface area contributed by atoms with E-state index in [1.54, 1.807) is 11.9 Å². The Bertz CT molecular complexity index is 270. The predicted molar refractivity (Wildman–Crippen MR) is 58.6 cm³/mol. The van der Waals surface area contributed by atoms with Crippen LogP contribution >= 0.6 is 0 Å². The van der Waals surface area contributed by atoms with E-state index < -0.39 is 11.9 Å². The number of nitrogens with zero attached hydrogens (tertiary/aromatic N) is 1. The summed E-state index contributed by atoms with van der Waals surface area (Å²) in [6.45, 7) is 0.0741. The van der Waals surface area contributed by atoms with E-state index in [1.165, 1.54) is 0 Å². The number of likely N-dealkylation sites (N-methyl/N-ethyl adjacent to an activating group) is 1. The van der Waals surface area contributed by atoms with Crippen LogP contribution in [0.2, 0.25) is 0 Å². The molecule has 3 amide bonds. The molecule has 1 rings (SSSR count). The molecule has 92 valence electrons. The summed E-state index contributed by atoms with van der Waals surface area (Å²) in [6.07, 6.45) is 3.34. The van der Waals surface area contributed by atoms with Gasteiger partial charge < -0.3 is 10.8 Å². The average Bonchev–Trinajstić information content (AvgIpc) is 2.16. The fourth-order valence-electron chi connectivity index (χ4n) is 2.13. The van der Waals surface area contributed by atoms with E-state index in [-0.39, 0.29) is 18.7 Å². The summed E-state index contributed by atoms with van der Waals surface area (Å²) in [6, 6.07) is -0.852. The van der Waals surface area contributed by atoms with E-state index in [4.69, 9.17) is 5.73 Å². The lowest BCUT2D eigenvalue weighted by Gasteiger charge is -2.34. The zero-order chi connectivity index (χ0) is 12.1. The second-order valence-corrected chi connectivity index (χ2v) is 4.25. The zero-order valence-electron chi connectivity index (χ0n) is 9.48. The van der Waals surface area contributed by atoms with E-state index in [0.29, 0.717) is 0 Å². The van der Waals surface area contributed by atoms with Crippen LogP contribution in [0.25, 0.3) is 0 Å². The number of hydrogen-bond acceptors (Lipinski definition) is 4. The molecule has 0 bridgehead atoms. The van der Waals surface area contributed by atoms with Gasteiger partial charge in [-0.2, -0.15) is 0 Å². The van der Waals surface area contributed by atoms with Gasteiger partial charge in [0.25, 0.3) is 0 Å². The third-order valence-electron chi connectivity index (χ3n) is 2.92. The minimum absolute atomic E-state index is 0.00706. The number of aliphatic hydroxyl groups excluding tert-OH is 1. The molecule has 2 unspecified atom stereocenters. The lowest BCUT2D eigenvalue weighted by molar-refractivity contribution is -0.122. The van der Waals surface area contributed by atoms with Crippen molar-refractivity contribution in [2.75, 3.05) is 13.6 Å². The third kappa shape index (κ3) is 3.79. The Morgan fingerprint density at radius 3 is 2.62 bits per heavy atom. The van der Waals surface area contributed by atoms with Gasteiger partial charge in [-0.25, -0.2) is 4.79 Å². The quantitative estimate of drug-likeness (QED) is 0.603. The van der Waals surface area contributed by atoms with E-state index in [1.807, 2.05) is 5.32 Å². The summed E-state index contributed by atoms with van der Waals surface area (Å²) in [7, 11) is 1.76. The second-order valence-electron chi connectivity index (χ2n) is 4.25. The zero-order valence-corrected chi connectivity index (χ0v) is 9.48. The van der Waals surface area contributed by atoms with Crippen molar-refractivity contribution >= 4 is 11.9 Å². The SMILES string of the molecule is CN(CC(=O)NC(N)=O)C1CCCCC1O. The second kappa shape index (κ2) is 5.81. The standard InChI is InChI=1S/C10H19N3O3/c1-13(6-9(15)12-10(11)16)7-4-2-3-5-8(7)14/h7-8,14H,2-6H2,1H3,(H3,11,12,15,16). The fraction of sp³-hybridized carbons (Fsp3) is 0.800. The van der Waals surface area contributed by atoms with Gasteiger partial charge in [-0.1, -0.05) is 12.8 Å². The van der Waals surface area contributed by atoms with Crippen LogP contribution in [0.5, 0.6) is 0 Å². The van der Waals surface area contributed by atoms with Gasteiger partial charge in [-0.3, -0.25) is 15.0 Å². The molecular formula is C10H19N3O3. The van der Waals surface area contributed by atoms with Crippen LogP contribution in [0.1, 0.15) is 25.7 Å². The first kappa shape index (κ1) is 12.9. The predicted octanol–water partition coefficient (Wildman–Crippen LogP) is -0.583. The summed E-state index contributed by atoms with van der Waals surface area (Å²) in [5, 5.41) is 11.8. The Morgan fingerprint density at radius 2 is 2.06 bits per heavy atom. The molecule has 2 atom stereocenters. The van der Waals surface area contributed by atoms with Crippen LogP contribution in [0.4, 0.5) is 4.79 Å². The molecule has 4 N–H and O–H groups in total. The molecule has 1 aliphatic carbocycles. The van der Waals surface area contributed by atoms with Crippen molar-refractivity contribution < 1.29 is 14.7 Å². The van der Waals surface area contributed by atoms with Gasteiger partial charge in [-0.05, 0) is 19.9 Å². The molecule has 1 fully saturated rings. The minimum atomic E-state index is -0.845. The minimum Gasteiger partial charge on any atom is -0.391 e. The first-order valence-corrected chi connectivity index (χ1v) is 5.48. The Morgan fingerprint density at radius 1 is 1.44 bits per heavy atom. The largest absolute Gasteiger partial charge is 0.391 e. The number of rotatable bonds is 3. The third-order valence-corrected chi connectivity index (χ3v) is 2.92. The normalized spacial score (nSPS) is 25.4. The number of imide groups is 1. The van der Waals surface area contributed by atoms with Crippen molar-refractivity contribution in [1.29, 1.82) is 0 Å². The molecule has 0 saturated heterocycles. The highest BCUT2D eigenvalue weighted by molar-refractivity contribution is 5.94. The number of carbonyl (C=O) groups excluding carboxylic acids is 2. The van der Waals surface area contributed by atoms with Crippen LogP contribution < -0.4 is 11.1 Å². The number of carbonyl (C=O) groups is 2. The summed E-state index contributed by atoms with van der Waals surface area (Å²) < 4.78 is 0. The molecule has 0 radical (unpaired) electrons. The number of nitrogens with two attached hydrogens (primary N) is 1. The number of aliphatic hydroxyl groups is 1. The Kier molecular flexibility index (Phi) is 4.70. The first-order chi connectivity index (χ1) is 7.50. The van der Waals surface area contributed by atoms with Gasteiger partial charge in [0, 0.05) is 6.04 Å². The average molecular weight is 229 g/mol. The summed E-state index contributed by atoms with van der Waals surface area (Å²) in [4.78, 5) is 23.5. The van der Waals surface area contributed by atoms with E-state index in [9.17, 15) is 14.7 Å². The van der Waals surface area contributed by atoms with Crippen molar-refractivity contribution in [3.8, 4) is 0 Å². The van der Waals surface area contributed by atoms with Gasteiger partial charge in [-0.15, -0.1) is 0 Å².